The highest BCUT2D eigenvalue weighted by molar-refractivity contribution is 6.00. The van der Waals surface area contributed by atoms with Crippen LogP contribution in [0.3, 0.4) is 0 Å². The van der Waals surface area contributed by atoms with Gasteiger partial charge in [-0.15, -0.1) is 0 Å². The number of aromatic nitrogens is 2. The molecular formula is C20H25N5O2. The average molecular weight is 367 g/mol. The molecule has 0 bridgehead atoms. The third kappa shape index (κ3) is 4.04. The van der Waals surface area contributed by atoms with E-state index in [0.29, 0.717) is 19.3 Å². The molecule has 1 aromatic carbocycles. The zero-order chi connectivity index (χ0) is 18.5. The van der Waals surface area contributed by atoms with Crippen LogP contribution in [-0.4, -0.2) is 60.0 Å². The summed E-state index contributed by atoms with van der Waals surface area (Å²) in [4.78, 5) is 0. The number of nitrogens with one attached hydrogen (secondary N) is 1. The molecule has 142 valence electrons. The van der Waals surface area contributed by atoms with Gasteiger partial charge >= 0.3 is 0 Å². The fourth-order valence-electron chi connectivity index (χ4n) is 3.42. The first kappa shape index (κ1) is 17.8. The van der Waals surface area contributed by atoms with E-state index in [2.05, 4.69) is 15.4 Å². The van der Waals surface area contributed by atoms with Crippen molar-refractivity contribution in [1.29, 1.82) is 0 Å². The molecular weight excluding hydrogens is 342 g/mol. The van der Waals surface area contributed by atoms with Gasteiger partial charge in [0, 0.05) is 0 Å². The maximum absolute atomic E-state index is 5.84. The molecule has 2 aromatic rings. The van der Waals surface area contributed by atoms with E-state index in [0.717, 1.165) is 48.8 Å². The zero-order valence-electron chi connectivity index (χ0n) is 15.5. The lowest BCUT2D eigenvalue weighted by Gasteiger charge is -2.32. The molecule has 0 saturated carbocycles. The molecule has 1 N–H and O–H groups in total. The molecule has 0 amide bonds. The van der Waals surface area contributed by atoms with Gasteiger partial charge in [-0.25, -0.2) is 4.68 Å². The van der Waals surface area contributed by atoms with Gasteiger partial charge < -0.3 is 14.8 Å². The molecule has 7 heteroatoms. The standard InChI is InChI=1S/C20H25N5O2/c1-26-18-13-24(16-7-10-21-11-8-16)23-19(15-27-14-18)20-9-12-22-25(20)17-5-3-2-4-6-17/h2-6,9,12-13,16,21H,7-8,10-11,14-15H2,1H3. The quantitative estimate of drug-likeness (QED) is 0.897. The van der Waals surface area contributed by atoms with E-state index in [-0.39, 0.29) is 0 Å². The van der Waals surface area contributed by atoms with Crippen LogP contribution in [0.15, 0.2) is 59.7 Å². The summed E-state index contributed by atoms with van der Waals surface area (Å²) in [6.45, 7) is 2.83. The fraction of sp³-hybridized carbons (Fsp3) is 0.400. The number of piperidine rings is 1. The van der Waals surface area contributed by atoms with E-state index in [1.54, 1.807) is 13.3 Å². The monoisotopic (exact) mass is 367 g/mol. The Bertz CT molecular complexity index is 809. The Hall–Kier alpha value is -2.64. The van der Waals surface area contributed by atoms with Gasteiger partial charge in [-0.2, -0.15) is 10.2 Å². The summed E-state index contributed by atoms with van der Waals surface area (Å²) in [5.41, 5.74) is 2.81. The van der Waals surface area contributed by atoms with Gasteiger partial charge in [-0.1, -0.05) is 18.2 Å². The largest absolute Gasteiger partial charge is 0.497 e. The van der Waals surface area contributed by atoms with Crippen molar-refractivity contribution in [2.24, 2.45) is 5.10 Å². The maximum atomic E-state index is 5.84. The molecule has 1 saturated heterocycles. The number of rotatable bonds is 4. The van der Waals surface area contributed by atoms with Crippen LogP contribution in [0.2, 0.25) is 0 Å². The van der Waals surface area contributed by atoms with Crippen LogP contribution >= 0.6 is 0 Å². The number of hydrogen-bond acceptors (Lipinski definition) is 6. The molecule has 2 aliphatic rings. The van der Waals surface area contributed by atoms with Crippen molar-refractivity contribution >= 4 is 5.71 Å². The first-order valence-corrected chi connectivity index (χ1v) is 9.34. The predicted octanol–water partition coefficient (Wildman–Crippen LogP) is 2.15. The van der Waals surface area contributed by atoms with Gasteiger partial charge in [0.1, 0.15) is 18.1 Å². The van der Waals surface area contributed by atoms with Crippen LogP contribution in [0, 0.1) is 0 Å². The van der Waals surface area contributed by atoms with Crippen molar-refractivity contribution in [3.8, 4) is 5.69 Å². The lowest BCUT2D eigenvalue weighted by atomic mass is 10.1. The summed E-state index contributed by atoms with van der Waals surface area (Å²) in [5, 5.41) is 14.9. The third-order valence-electron chi connectivity index (χ3n) is 4.88. The van der Waals surface area contributed by atoms with Gasteiger partial charge in [0.05, 0.1) is 43.5 Å². The van der Waals surface area contributed by atoms with E-state index in [1.807, 2.05) is 47.3 Å². The summed E-state index contributed by atoms with van der Waals surface area (Å²) >= 11 is 0. The summed E-state index contributed by atoms with van der Waals surface area (Å²) in [6, 6.07) is 12.4. The molecule has 7 nitrogen and oxygen atoms in total. The fourth-order valence-corrected chi connectivity index (χ4v) is 3.42. The number of hydrogen-bond donors (Lipinski definition) is 1. The van der Waals surface area contributed by atoms with Crippen LogP contribution in [0.25, 0.3) is 5.69 Å². The van der Waals surface area contributed by atoms with Crippen LogP contribution in [0.5, 0.6) is 0 Å². The summed E-state index contributed by atoms with van der Waals surface area (Å²) in [6.07, 6.45) is 5.86. The molecule has 1 aromatic heterocycles. The molecule has 0 radical (unpaired) electrons. The first-order chi connectivity index (χ1) is 13.3. The second-order valence-electron chi connectivity index (χ2n) is 6.66. The highest BCUT2D eigenvalue weighted by atomic mass is 16.5. The molecule has 2 aliphatic heterocycles. The highest BCUT2D eigenvalue weighted by Crippen LogP contribution is 2.19. The normalized spacial score (nSPS) is 19.1. The van der Waals surface area contributed by atoms with Crippen molar-refractivity contribution in [3.63, 3.8) is 0 Å². The number of methoxy groups -OCH3 is 1. The lowest BCUT2D eigenvalue weighted by Crippen LogP contribution is -2.40. The molecule has 0 spiro atoms. The van der Waals surface area contributed by atoms with Crippen molar-refractivity contribution < 1.29 is 9.47 Å². The van der Waals surface area contributed by atoms with Crippen molar-refractivity contribution in [2.45, 2.75) is 18.9 Å². The smallest absolute Gasteiger partial charge is 0.139 e. The van der Waals surface area contributed by atoms with E-state index < -0.39 is 0 Å². The van der Waals surface area contributed by atoms with Gasteiger partial charge in [0.25, 0.3) is 0 Å². The van der Waals surface area contributed by atoms with Crippen LogP contribution < -0.4 is 5.32 Å². The molecule has 0 atom stereocenters. The van der Waals surface area contributed by atoms with Gasteiger partial charge in [0.2, 0.25) is 0 Å². The van der Waals surface area contributed by atoms with E-state index in [4.69, 9.17) is 14.6 Å². The molecule has 27 heavy (non-hydrogen) atoms. The minimum absolute atomic E-state index is 0.345. The second kappa shape index (κ2) is 8.37. The Morgan fingerprint density at radius 2 is 1.93 bits per heavy atom. The average Bonchev–Trinajstić information content (AvgIpc) is 3.19. The number of ether oxygens (including phenoxy) is 2. The number of para-hydroxylation sites is 1. The van der Waals surface area contributed by atoms with Crippen molar-refractivity contribution in [2.75, 3.05) is 33.4 Å². The minimum Gasteiger partial charge on any atom is -0.497 e. The molecule has 4 rings (SSSR count). The second-order valence-corrected chi connectivity index (χ2v) is 6.66. The maximum Gasteiger partial charge on any atom is 0.139 e. The highest BCUT2D eigenvalue weighted by Gasteiger charge is 2.23. The molecule has 3 heterocycles. The van der Waals surface area contributed by atoms with E-state index in [1.165, 1.54) is 0 Å². The Balaban J connectivity index is 1.71. The Morgan fingerprint density at radius 3 is 2.70 bits per heavy atom. The summed E-state index contributed by atoms with van der Waals surface area (Å²) in [5.74, 6) is 0.785. The number of hydrazone groups is 1. The van der Waals surface area contributed by atoms with Crippen LogP contribution in [0.4, 0.5) is 0 Å². The van der Waals surface area contributed by atoms with Crippen LogP contribution in [0.1, 0.15) is 18.5 Å². The lowest BCUT2D eigenvalue weighted by molar-refractivity contribution is 0.123. The van der Waals surface area contributed by atoms with Gasteiger partial charge in [-0.3, -0.25) is 5.01 Å². The topological polar surface area (TPSA) is 63.9 Å². The minimum atomic E-state index is 0.345. The van der Waals surface area contributed by atoms with Crippen LogP contribution in [-0.2, 0) is 9.47 Å². The Kier molecular flexibility index (Phi) is 5.50. The van der Waals surface area contributed by atoms with Gasteiger partial charge in [0.15, 0.2) is 0 Å². The molecule has 0 unspecified atom stereocenters. The Labute approximate surface area is 159 Å². The zero-order valence-corrected chi connectivity index (χ0v) is 15.5. The third-order valence-corrected chi connectivity index (χ3v) is 4.88. The van der Waals surface area contributed by atoms with Crippen molar-refractivity contribution in [3.05, 3.63) is 60.2 Å². The predicted molar refractivity (Wildman–Crippen MR) is 104 cm³/mol. The Morgan fingerprint density at radius 1 is 1.11 bits per heavy atom. The molecule has 0 aliphatic carbocycles. The first-order valence-electron chi connectivity index (χ1n) is 9.34. The number of nitrogens with zero attached hydrogens (tertiary/aromatic N) is 4. The van der Waals surface area contributed by atoms with E-state index >= 15 is 0 Å². The molecule has 1 fully saturated rings. The van der Waals surface area contributed by atoms with E-state index in [9.17, 15) is 0 Å². The number of benzene rings is 1. The van der Waals surface area contributed by atoms with Crippen molar-refractivity contribution in [1.82, 2.24) is 20.1 Å². The SMILES string of the molecule is COC1=CN(C2CCNCC2)N=C(c2ccnn2-c2ccccc2)COC1. The summed E-state index contributed by atoms with van der Waals surface area (Å²) in [7, 11) is 1.67. The van der Waals surface area contributed by atoms with Gasteiger partial charge in [-0.05, 0) is 44.1 Å². The summed E-state index contributed by atoms with van der Waals surface area (Å²) < 4.78 is 13.2.